The van der Waals surface area contributed by atoms with Crippen LogP contribution in [-0.2, 0) is 4.74 Å². The second kappa shape index (κ2) is 6.05. The number of carbonyl (C=O) groups is 1. The van der Waals surface area contributed by atoms with E-state index < -0.39 is 0 Å². The lowest BCUT2D eigenvalue weighted by Crippen LogP contribution is -2.12. The average molecular weight is 219 g/mol. The molecule has 1 amide bonds. The molecule has 3 nitrogen and oxygen atoms in total. The number of nitrogens with zero attached hydrogens (tertiary/aromatic N) is 1. The minimum Gasteiger partial charge on any atom is -0.478 e. The quantitative estimate of drug-likeness (QED) is 0.579. The van der Waals surface area contributed by atoms with Crippen LogP contribution in [0.5, 0.6) is 0 Å². The first-order chi connectivity index (χ1) is 7.63. The number of rotatable bonds is 3. The van der Waals surface area contributed by atoms with Crippen LogP contribution in [0.25, 0.3) is 0 Å². The van der Waals surface area contributed by atoms with Gasteiger partial charge in [-0.15, -0.1) is 0 Å². The van der Waals surface area contributed by atoms with Crippen LogP contribution in [0.1, 0.15) is 37.6 Å². The average Bonchev–Trinajstić information content (AvgIpc) is 2.28. The monoisotopic (exact) mass is 219 g/mol. The first-order valence-electron chi connectivity index (χ1n) is 5.47. The van der Waals surface area contributed by atoms with E-state index in [2.05, 4.69) is 4.99 Å². The molecule has 16 heavy (non-hydrogen) atoms. The summed E-state index contributed by atoms with van der Waals surface area (Å²) in [5, 5.41) is 0. The van der Waals surface area contributed by atoms with Crippen molar-refractivity contribution in [2.45, 2.75) is 33.3 Å². The summed E-state index contributed by atoms with van der Waals surface area (Å²) in [5.74, 6) is 0.238. The fourth-order valence-electron chi connectivity index (χ4n) is 1.22. The molecule has 0 fully saturated rings. The van der Waals surface area contributed by atoms with E-state index in [9.17, 15) is 4.79 Å². The van der Waals surface area contributed by atoms with Crippen molar-refractivity contribution in [2.75, 3.05) is 0 Å². The van der Waals surface area contributed by atoms with Crippen molar-refractivity contribution in [3.8, 4) is 0 Å². The van der Waals surface area contributed by atoms with E-state index in [1.807, 2.05) is 39.0 Å². The van der Waals surface area contributed by atoms with Crippen molar-refractivity contribution < 1.29 is 9.53 Å². The highest BCUT2D eigenvalue weighted by molar-refractivity contribution is 6.01. The fourth-order valence-corrected chi connectivity index (χ4v) is 1.22. The molecule has 0 bridgehead atoms. The van der Waals surface area contributed by atoms with E-state index in [4.69, 9.17) is 4.74 Å². The molecular formula is C13H17NO2. The summed E-state index contributed by atoms with van der Waals surface area (Å²) in [7, 11) is 0. The Bertz CT molecular complexity index is 369. The van der Waals surface area contributed by atoms with Crippen LogP contribution in [-0.4, -0.2) is 17.9 Å². The van der Waals surface area contributed by atoms with Crippen LogP contribution in [0.2, 0.25) is 0 Å². The summed E-state index contributed by atoms with van der Waals surface area (Å²) in [5.41, 5.74) is 0.584. The van der Waals surface area contributed by atoms with Gasteiger partial charge in [0.15, 0.2) is 5.90 Å². The van der Waals surface area contributed by atoms with Crippen molar-refractivity contribution in [3.05, 3.63) is 35.9 Å². The SMILES string of the molecule is CCC(=NC(=O)c1ccccc1)OC(C)C. The Morgan fingerprint density at radius 3 is 2.44 bits per heavy atom. The zero-order valence-corrected chi connectivity index (χ0v) is 9.93. The molecule has 86 valence electrons. The molecule has 0 saturated carbocycles. The van der Waals surface area contributed by atoms with E-state index in [-0.39, 0.29) is 12.0 Å². The molecule has 0 spiro atoms. The van der Waals surface area contributed by atoms with E-state index in [1.165, 1.54) is 0 Å². The molecule has 1 rings (SSSR count). The molecule has 0 atom stereocenters. The Labute approximate surface area is 96.2 Å². The summed E-state index contributed by atoms with van der Waals surface area (Å²) < 4.78 is 5.42. The third-order valence-electron chi connectivity index (χ3n) is 1.92. The topological polar surface area (TPSA) is 38.7 Å². The van der Waals surface area contributed by atoms with Gasteiger partial charge < -0.3 is 4.74 Å². The number of carbonyl (C=O) groups excluding carboxylic acids is 1. The third kappa shape index (κ3) is 3.85. The molecule has 0 aliphatic carbocycles. The van der Waals surface area contributed by atoms with Gasteiger partial charge in [0.2, 0.25) is 0 Å². The largest absolute Gasteiger partial charge is 0.478 e. The Kier molecular flexibility index (Phi) is 4.70. The zero-order valence-electron chi connectivity index (χ0n) is 9.93. The molecular weight excluding hydrogens is 202 g/mol. The Morgan fingerprint density at radius 1 is 1.31 bits per heavy atom. The molecule has 1 aromatic rings. The van der Waals surface area contributed by atoms with Crippen LogP contribution in [0.4, 0.5) is 0 Å². The van der Waals surface area contributed by atoms with Crippen molar-refractivity contribution in [2.24, 2.45) is 4.99 Å². The highest BCUT2D eigenvalue weighted by Gasteiger charge is 2.07. The lowest BCUT2D eigenvalue weighted by molar-refractivity contribution is 0.0996. The normalized spacial score (nSPS) is 11.6. The molecule has 0 heterocycles. The second-order valence-electron chi connectivity index (χ2n) is 3.70. The maximum absolute atomic E-state index is 11.7. The van der Waals surface area contributed by atoms with Gasteiger partial charge in [-0.3, -0.25) is 4.79 Å². The number of aliphatic imine (C=N–C) groups is 1. The molecule has 0 saturated heterocycles. The Balaban J connectivity index is 2.78. The number of benzene rings is 1. The predicted octanol–water partition coefficient (Wildman–Crippen LogP) is 3.06. The highest BCUT2D eigenvalue weighted by atomic mass is 16.5. The molecule has 0 unspecified atom stereocenters. The van der Waals surface area contributed by atoms with E-state index in [0.717, 1.165) is 0 Å². The van der Waals surface area contributed by atoms with Crippen LogP contribution in [0.3, 0.4) is 0 Å². The summed E-state index contributed by atoms with van der Waals surface area (Å²) >= 11 is 0. The number of amides is 1. The minimum absolute atomic E-state index is 0.0438. The third-order valence-corrected chi connectivity index (χ3v) is 1.92. The van der Waals surface area contributed by atoms with Crippen LogP contribution >= 0.6 is 0 Å². The maximum atomic E-state index is 11.7. The summed E-state index contributed by atoms with van der Waals surface area (Å²) in [4.78, 5) is 15.7. The van der Waals surface area contributed by atoms with Gasteiger partial charge in [0, 0.05) is 12.0 Å². The van der Waals surface area contributed by atoms with Gasteiger partial charge in [0.05, 0.1) is 6.10 Å². The fraction of sp³-hybridized carbons (Fsp3) is 0.385. The molecule has 3 heteroatoms. The second-order valence-corrected chi connectivity index (χ2v) is 3.70. The first kappa shape index (κ1) is 12.4. The maximum Gasteiger partial charge on any atom is 0.279 e. The summed E-state index contributed by atoms with van der Waals surface area (Å²) in [6.45, 7) is 5.75. The molecule has 0 aliphatic rings. The van der Waals surface area contributed by atoms with Gasteiger partial charge >= 0.3 is 0 Å². The van der Waals surface area contributed by atoms with Crippen molar-refractivity contribution in [3.63, 3.8) is 0 Å². The predicted molar refractivity (Wildman–Crippen MR) is 64.7 cm³/mol. The van der Waals surface area contributed by atoms with Gasteiger partial charge in [0.1, 0.15) is 0 Å². The molecule has 0 radical (unpaired) electrons. The van der Waals surface area contributed by atoms with Gasteiger partial charge in [-0.2, -0.15) is 4.99 Å². The van der Waals surface area contributed by atoms with E-state index in [1.54, 1.807) is 12.1 Å². The van der Waals surface area contributed by atoms with Gasteiger partial charge in [-0.25, -0.2) is 0 Å². The van der Waals surface area contributed by atoms with Crippen molar-refractivity contribution in [1.29, 1.82) is 0 Å². The number of hydrogen-bond acceptors (Lipinski definition) is 2. The Morgan fingerprint density at radius 2 is 1.94 bits per heavy atom. The van der Waals surface area contributed by atoms with E-state index >= 15 is 0 Å². The molecule has 1 aromatic carbocycles. The first-order valence-corrected chi connectivity index (χ1v) is 5.47. The minimum atomic E-state index is -0.252. The molecule has 0 aliphatic heterocycles. The molecule has 0 aromatic heterocycles. The number of ether oxygens (including phenoxy) is 1. The smallest absolute Gasteiger partial charge is 0.279 e. The van der Waals surface area contributed by atoms with Gasteiger partial charge in [0.25, 0.3) is 5.91 Å². The van der Waals surface area contributed by atoms with Crippen LogP contribution in [0, 0.1) is 0 Å². The highest BCUT2D eigenvalue weighted by Crippen LogP contribution is 2.03. The summed E-state index contributed by atoms with van der Waals surface area (Å²) in [6.07, 6.45) is 0.666. The van der Waals surface area contributed by atoms with Crippen molar-refractivity contribution in [1.82, 2.24) is 0 Å². The Hall–Kier alpha value is -1.64. The van der Waals surface area contributed by atoms with Crippen LogP contribution in [0.15, 0.2) is 35.3 Å². The van der Waals surface area contributed by atoms with E-state index in [0.29, 0.717) is 17.9 Å². The van der Waals surface area contributed by atoms with Crippen LogP contribution < -0.4 is 0 Å². The summed E-state index contributed by atoms with van der Waals surface area (Å²) in [6, 6.07) is 8.99. The van der Waals surface area contributed by atoms with Gasteiger partial charge in [-0.05, 0) is 26.0 Å². The lowest BCUT2D eigenvalue weighted by Gasteiger charge is -2.10. The standard InChI is InChI=1S/C13H17NO2/c1-4-12(16-10(2)3)14-13(15)11-8-6-5-7-9-11/h5-10H,4H2,1-3H3. The van der Waals surface area contributed by atoms with Crippen molar-refractivity contribution >= 4 is 11.8 Å². The molecule has 0 N–H and O–H groups in total. The van der Waals surface area contributed by atoms with Gasteiger partial charge in [-0.1, -0.05) is 25.1 Å². The number of hydrogen-bond donors (Lipinski definition) is 0. The lowest BCUT2D eigenvalue weighted by atomic mass is 10.2. The zero-order chi connectivity index (χ0) is 12.0.